The molecule has 6 heteroatoms. The minimum atomic E-state index is -3.55. The summed E-state index contributed by atoms with van der Waals surface area (Å²) in [5, 5.41) is 8.47. The first-order valence-corrected chi connectivity index (χ1v) is 24.3. The van der Waals surface area contributed by atoms with Crippen molar-refractivity contribution in [1.82, 2.24) is 0 Å². The highest BCUT2D eigenvalue weighted by molar-refractivity contribution is 7.86. The molecule has 0 N–H and O–H groups in total. The van der Waals surface area contributed by atoms with Gasteiger partial charge in [0.2, 0.25) is 0 Å². The van der Waals surface area contributed by atoms with Gasteiger partial charge in [-0.3, -0.25) is 0 Å². The number of hydrogen-bond acceptors (Lipinski definition) is 3. The summed E-state index contributed by atoms with van der Waals surface area (Å²) in [6.07, 6.45) is 0. The Morgan fingerprint density at radius 3 is 0.964 bits per heavy atom. The third-order valence-electron chi connectivity index (χ3n) is 11.1. The van der Waals surface area contributed by atoms with Crippen LogP contribution in [0.1, 0.15) is 11.1 Å². The van der Waals surface area contributed by atoms with E-state index in [2.05, 4.69) is 74.5 Å². The molecular weight excluding hydrogens is 739 g/mol. The molecular formula is C50H40O3P2Si. The molecule has 0 fully saturated rings. The van der Waals surface area contributed by atoms with Crippen LogP contribution in [0.4, 0.5) is 0 Å². The average molecular weight is 779 g/mol. The lowest BCUT2D eigenvalue weighted by Gasteiger charge is -2.42. The number of hydrogen-bond donors (Lipinski definition) is 0. The molecule has 1 aliphatic heterocycles. The number of aryl methyl sites for hydroxylation is 2. The largest absolute Gasteiger partial charge is 0.456 e. The summed E-state index contributed by atoms with van der Waals surface area (Å²) in [5.74, 6) is 1.15. The van der Waals surface area contributed by atoms with Crippen molar-refractivity contribution in [2.24, 2.45) is 0 Å². The summed E-state index contributed by atoms with van der Waals surface area (Å²) in [6, 6.07) is 69.2. The molecule has 0 unspecified atom stereocenters. The van der Waals surface area contributed by atoms with E-state index < -0.39 is 22.4 Å². The number of para-hydroxylation sites is 2. The molecule has 0 bridgehead atoms. The van der Waals surface area contributed by atoms with Crippen molar-refractivity contribution in [3.8, 4) is 11.5 Å². The molecule has 0 saturated heterocycles. The summed E-state index contributed by atoms with van der Waals surface area (Å²) in [6.45, 7) is 4.22. The fourth-order valence-corrected chi connectivity index (χ4v) is 19.1. The van der Waals surface area contributed by atoms with Crippen molar-refractivity contribution >= 4 is 74.9 Å². The first-order chi connectivity index (χ1) is 27.4. The van der Waals surface area contributed by atoms with Gasteiger partial charge in [0.05, 0.1) is 10.6 Å². The maximum absolute atomic E-state index is 16.4. The molecule has 1 heterocycles. The summed E-state index contributed by atoms with van der Waals surface area (Å²) in [7, 11) is -10.4. The van der Waals surface area contributed by atoms with Crippen LogP contribution >= 0.6 is 14.3 Å². The molecule has 3 nitrogen and oxygen atoms in total. The number of rotatable bonds is 8. The fourth-order valence-electron chi connectivity index (χ4n) is 8.40. The summed E-state index contributed by atoms with van der Waals surface area (Å²) < 4.78 is 40.2. The minimum absolute atomic E-state index is 0.573. The Hall–Kier alpha value is -5.76. The molecule has 0 aromatic heterocycles. The van der Waals surface area contributed by atoms with E-state index in [9.17, 15) is 0 Å². The molecule has 0 spiro atoms. The lowest BCUT2D eigenvalue weighted by atomic mass is 10.2. The highest BCUT2D eigenvalue weighted by Crippen LogP contribution is 2.49. The van der Waals surface area contributed by atoms with Gasteiger partial charge in [-0.15, -0.1) is 0 Å². The maximum atomic E-state index is 16.4. The van der Waals surface area contributed by atoms with Gasteiger partial charge < -0.3 is 13.9 Å². The van der Waals surface area contributed by atoms with Crippen molar-refractivity contribution in [2.75, 3.05) is 0 Å². The average Bonchev–Trinajstić information content (AvgIpc) is 3.26. The maximum Gasteiger partial charge on any atom is 0.188 e. The first kappa shape index (κ1) is 35.9. The van der Waals surface area contributed by atoms with Gasteiger partial charge in [-0.25, -0.2) is 0 Å². The number of benzene rings is 8. The predicted molar refractivity (Wildman–Crippen MR) is 238 cm³/mol. The van der Waals surface area contributed by atoms with Crippen LogP contribution < -0.4 is 57.3 Å². The van der Waals surface area contributed by atoms with Gasteiger partial charge in [-0.1, -0.05) is 205 Å². The molecule has 0 saturated carbocycles. The van der Waals surface area contributed by atoms with Gasteiger partial charge in [-0.05, 0) is 46.7 Å². The van der Waals surface area contributed by atoms with Crippen molar-refractivity contribution in [3.63, 3.8) is 0 Å². The van der Waals surface area contributed by atoms with E-state index in [0.717, 1.165) is 53.1 Å². The van der Waals surface area contributed by atoms with E-state index in [1.54, 1.807) is 0 Å². The highest BCUT2D eigenvalue weighted by Gasteiger charge is 2.52. The zero-order chi connectivity index (χ0) is 38.3. The van der Waals surface area contributed by atoms with Crippen LogP contribution in [0.5, 0.6) is 11.5 Å². The van der Waals surface area contributed by atoms with Crippen LogP contribution in [-0.4, -0.2) is 8.07 Å². The Labute approximate surface area is 330 Å². The van der Waals surface area contributed by atoms with Crippen molar-refractivity contribution < 1.29 is 13.9 Å². The molecule has 1 aliphatic rings. The number of fused-ring (bicyclic) bond motifs is 2. The summed E-state index contributed by atoms with van der Waals surface area (Å²) in [5.41, 5.74) is 2.32. The molecule has 56 heavy (non-hydrogen) atoms. The molecule has 0 amide bonds. The van der Waals surface area contributed by atoms with E-state index in [1.165, 1.54) is 0 Å². The third kappa shape index (κ3) is 5.63. The Morgan fingerprint density at radius 1 is 0.357 bits per heavy atom. The second kappa shape index (κ2) is 14.4. The van der Waals surface area contributed by atoms with Gasteiger partial charge in [0, 0.05) is 21.2 Å². The van der Waals surface area contributed by atoms with Crippen molar-refractivity contribution in [3.05, 3.63) is 217 Å². The fraction of sp³-hybridized carbons (Fsp3) is 0.0400. The highest BCUT2D eigenvalue weighted by atomic mass is 31.2. The molecule has 8 aromatic rings. The van der Waals surface area contributed by atoms with Crippen molar-refractivity contribution in [2.45, 2.75) is 13.8 Å². The van der Waals surface area contributed by atoms with Gasteiger partial charge in [0.15, 0.2) is 22.4 Å². The molecule has 272 valence electrons. The standard InChI is InChI=1S/C50H40O3P2Si/c1-37-29-33-43(34-30-37)56(44-35-31-38(2)32-36-44)47-27-15-25-45(54(51,39-17-7-3-8-18-39)40-19-9-4-10-20-40)49(47)53-50-46(26-16-28-48(50)56)55(52,41-21-11-5-12-22-41)42-23-13-6-14-24-42/h3-36H,1-2H3. The Morgan fingerprint density at radius 2 is 0.661 bits per heavy atom. The lowest BCUT2D eigenvalue weighted by Crippen LogP contribution is -2.77. The van der Waals surface area contributed by atoms with Crippen LogP contribution in [-0.2, 0) is 9.13 Å². The van der Waals surface area contributed by atoms with Crippen LogP contribution in [0, 0.1) is 13.8 Å². The Balaban J connectivity index is 1.46. The zero-order valence-electron chi connectivity index (χ0n) is 31.2. The molecule has 9 rings (SSSR count). The zero-order valence-corrected chi connectivity index (χ0v) is 34.0. The van der Waals surface area contributed by atoms with Crippen LogP contribution in [0.25, 0.3) is 0 Å². The van der Waals surface area contributed by atoms with Gasteiger partial charge >= 0.3 is 0 Å². The normalized spacial score (nSPS) is 13.2. The smallest absolute Gasteiger partial charge is 0.188 e. The molecule has 0 aliphatic carbocycles. The first-order valence-electron chi connectivity index (χ1n) is 18.9. The molecule has 0 atom stereocenters. The van der Waals surface area contributed by atoms with Crippen LogP contribution in [0.2, 0.25) is 0 Å². The Kier molecular flexibility index (Phi) is 9.23. The second-order valence-corrected chi connectivity index (χ2v) is 23.7. The second-order valence-electron chi connectivity index (χ2n) is 14.5. The van der Waals surface area contributed by atoms with Crippen molar-refractivity contribution in [1.29, 1.82) is 0 Å². The topological polar surface area (TPSA) is 43.4 Å². The summed E-state index contributed by atoms with van der Waals surface area (Å²) in [4.78, 5) is 0. The van der Waals surface area contributed by atoms with E-state index in [4.69, 9.17) is 4.74 Å². The number of ether oxygens (including phenoxy) is 1. The summed E-state index contributed by atoms with van der Waals surface area (Å²) >= 11 is 0. The van der Waals surface area contributed by atoms with Crippen LogP contribution in [0.3, 0.4) is 0 Å². The third-order valence-corrected chi connectivity index (χ3v) is 22.1. The molecule has 8 aromatic carbocycles. The van der Waals surface area contributed by atoms with E-state index in [1.807, 2.05) is 146 Å². The van der Waals surface area contributed by atoms with Gasteiger partial charge in [-0.2, -0.15) is 0 Å². The van der Waals surface area contributed by atoms with Gasteiger partial charge in [0.1, 0.15) is 11.5 Å². The SMILES string of the molecule is Cc1ccc([Si]2(c3ccc(C)cc3)c3cccc(P(=O)(c4ccccc4)c4ccccc4)c3Oc3c2cccc3P(=O)(c2ccccc2)c2ccccc2)cc1. The predicted octanol–water partition coefficient (Wildman–Crippen LogP) is 7.07. The molecule has 0 radical (unpaired) electrons. The van der Waals surface area contributed by atoms with E-state index in [-0.39, 0.29) is 0 Å². The lowest BCUT2D eigenvalue weighted by molar-refractivity contribution is 0.493. The Bertz CT molecular complexity index is 2490. The monoisotopic (exact) mass is 778 g/mol. The van der Waals surface area contributed by atoms with E-state index in [0.29, 0.717) is 22.1 Å². The minimum Gasteiger partial charge on any atom is -0.456 e. The quantitative estimate of drug-likeness (QED) is 0.123. The van der Waals surface area contributed by atoms with Gasteiger partial charge in [0.25, 0.3) is 0 Å². The van der Waals surface area contributed by atoms with E-state index >= 15 is 9.13 Å². The van der Waals surface area contributed by atoms with Crippen LogP contribution in [0.15, 0.2) is 206 Å².